The number of benzene rings is 2. The predicted octanol–water partition coefficient (Wildman–Crippen LogP) is 3.05. The molecule has 0 saturated carbocycles. The summed E-state index contributed by atoms with van der Waals surface area (Å²) in [5.41, 5.74) is 9.67. The molecule has 4 nitrogen and oxygen atoms in total. The van der Waals surface area contributed by atoms with Gasteiger partial charge in [-0.2, -0.15) is 0 Å². The number of aromatic carboxylic acids is 1. The van der Waals surface area contributed by atoms with Crippen molar-refractivity contribution in [3.8, 4) is 0 Å². The summed E-state index contributed by atoms with van der Waals surface area (Å²) in [5, 5.41) is 9.20. The number of carbonyl (C=O) groups is 1. The summed E-state index contributed by atoms with van der Waals surface area (Å²) in [5.74, 6) is -0.996. The van der Waals surface area contributed by atoms with Gasteiger partial charge in [-0.05, 0) is 37.1 Å². The predicted molar refractivity (Wildman–Crippen MR) is 79.6 cm³/mol. The number of carboxylic acid groups (broad SMARTS) is 1. The van der Waals surface area contributed by atoms with Crippen molar-refractivity contribution in [3.05, 3.63) is 53.6 Å². The van der Waals surface area contributed by atoms with Crippen molar-refractivity contribution >= 4 is 23.0 Å². The molecule has 0 saturated heterocycles. The van der Waals surface area contributed by atoms with E-state index in [0.717, 1.165) is 17.8 Å². The molecular weight excluding hydrogens is 252 g/mol. The molecule has 0 aromatic heterocycles. The molecule has 1 aliphatic rings. The van der Waals surface area contributed by atoms with Crippen molar-refractivity contribution < 1.29 is 9.90 Å². The van der Waals surface area contributed by atoms with Gasteiger partial charge in [-0.25, -0.2) is 4.79 Å². The van der Waals surface area contributed by atoms with Gasteiger partial charge in [0, 0.05) is 11.7 Å². The second kappa shape index (κ2) is 4.56. The zero-order valence-electron chi connectivity index (χ0n) is 11.2. The molecule has 1 heterocycles. The average molecular weight is 268 g/mol. The zero-order valence-corrected chi connectivity index (χ0v) is 11.2. The molecule has 102 valence electrons. The number of nitrogens with zero attached hydrogens (tertiary/aromatic N) is 1. The molecule has 0 amide bonds. The number of rotatable bonds is 2. The third-order valence-electron chi connectivity index (χ3n) is 3.78. The number of hydrogen-bond acceptors (Lipinski definition) is 3. The van der Waals surface area contributed by atoms with Gasteiger partial charge in [0.15, 0.2) is 0 Å². The monoisotopic (exact) mass is 268 g/mol. The van der Waals surface area contributed by atoms with Crippen molar-refractivity contribution in [2.75, 3.05) is 10.6 Å². The second-order valence-corrected chi connectivity index (χ2v) is 5.10. The average Bonchev–Trinajstić information content (AvgIpc) is 2.75. The van der Waals surface area contributed by atoms with Crippen LogP contribution in [0.15, 0.2) is 42.5 Å². The number of hydrogen-bond donors (Lipinski definition) is 2. The second-order valence-electron chi connectivity index (χ2n) is 5.10. The highest BCUT2D eigenvalue weighted by atomic mass is 16.4. The Balaban J connectivity index is 2.15. The number of carboxylic acids is 1. The van der Waals surface area contributed by atoms with Crippen LogP contribution in [0.4, 0.5) is 17.1 Å². The molecule has 0 bridgehead atoms. The first-order valence-electron chi connectivity index (χ1n) is 6.58. The smallest absolute Gasteiger partial charge is 0.337 e. The van der Waals surface area contributed by atoms with Crippen LogP contribution < -0.4 is 10.6 Å². The maximum Gasteiger partial charge on any atom is 0.337 e. The molecule has 3 rings (SSSR count). The van der Waals surface area contributed by atoms with E-state index in [9.17, 15) is 9.90 Å². The lowest BCUT2D eigenvalue weighted by Crippen LogP contribution is -2.25. The minimum absolute atomic E-state index is 0.152. The van der Waals surface area contributed by atoms with E-state index in [1.54, 1.807) is 6.07 Å². The minimum atomic E-state index is -0.996. The van der Waals surface area contributed by atoms with Gasteiger partial charge in [-0.3, -0.25) is 0 Å². The maximum absolute atomic E-state index is 11.2. The van der Waals surface area contributed by atoms with Gasteiger partial charge < -0.3 is 15.7 Å². The van der Waals surface area contributed by atoms with Gasteiger partial charge in [0.1, 0.15) is 0 Å². The summed E-state index contributed by atoms with van der Waals surface area (Å²) in [6.45, 7) is 2.12. The Morgan fingerprint density at radius 2 is 1.90 bits per heavy atom. The summed E-state index contributed by atoms with van der Waals surface area (Å²) >= 11 is 0. The molecule has 0 aliphatic carbocycles. The highest BCUT2D eigenvalue weighted by Crippen LogP contribution is 2.41. The van der Waals surface area contributed by atoms with Gasteiger partial charge in [-0.15, -0.1) is 0 Å². The largest absolute Gasteiger partial charge is 0.478 e. The van der Waals surface area contributed by atoms with Gasteiger partial charge in [0.25, 0.3) is 0 Å². The Kier molecular flexibility index (Phi) is 2.86. The van der Waals surface area contributed by atoms with E-state index >= 15 is 0 Å². The zero-order chi connectivity index (χ0) is 14.3. The maximum atomic E-state index is 11.2. The molecule has 1 atom stereocenters. The van der Waals surface area contributed by atoms with Crippen LogP contribution in [-0.2, 0) is 6.42 Å². The molecule has 3 N–H and O–H groups in total. The molecule has 4 heteroatoms. The Morgan fingerprint density at radius 1 is 1.20 bits per heavy atom. The topological polar surface area (TPSA) is 66.6 Å². The summed E-state index contributed by atoms with van der Waals surface area (Å²) in [7, 11) is 0. The van der Waals surface area contributed by atoms with Crippen LogP contribution in [0, 0.1) is 0 Å². The number of nitrogen functional groups attached to an aromatic ring is 1. The van der Waals surface area contributed by atoms with Crippen LogP contribution in [0.25, 0.3) is 0 Å². The standard InChI is InChI=1S/C16H16N2O2/c1-10-9-11-5-2-3-7-13(11)18(10)14-8-4-6-12(15(14)17)16(19)20/h2-8,10H,9,17H2,1H3,(H,19,20). The Bertz CT molecular complexity index is 682. The van der Waals surface area contributed by atoms with Gasteiger partial charge in [0.05, 0.1) is 16.9 Å². The lowest BCUT2D eigenvalue weighted by Gasteiger charge is -2.27. The van der Waals surface area contributed by atoms with Crippen molar-refractivity contribution in [1.82, 2.24) is 0 Å². The first-order valence-corrected chi connectivity index (χ1v) is 6.58. The van der Waals surface area contributed by atoms with E-state index in [4.69, 9.17) is 5.73 Å². The molecule has 0 radical (unpaired) electrons. The molecule has 0 fully saturated rings. The van der Waals surface area contributed by atoms with E-state index < -0.39 is 5.97 Å². The van der Waals surface area contributed by atoms with Crippen LogP contribution in [0.5, 0.6) is 0 Å². The third-order valence-corrected chi connectivity index (χ3v) is 3.78. The van der Waals surface area contributed by atoms with Gasteiger partial charge in [-0.1, -0.05) is 24.3 Å². The highest BCUT2D eigenvalue weighted by molar-refractivity contribution is 5.98. The van der Waals surface area contributed by atoms with Crippen LogP contribution in [0.3, 0.4) is 0 Å². The Labute approximate surface area is 117 Å². The Hall–Kier alpha value is -2.49. The number of nitrogens with two attached hydrogens (primary N) is 1. The van der Waals surface area contributed by atoms with E-state index in [1.165, 1.54) is 11.6 Å². The number of fused-ring (bicyclic) bond motifs is 1. The minimum Gasteiger partial charge on any atom is -0.478 e. The summed E-state index contributed by atoms with van der Waals surface area (Å²) in [6.07, 6.45) is 0.937. The summed E-state index contributed by atoms with van der Waals surface area (Å²) in [4.78, 5) is 13.3. The number of para-hydroxylation sites is 2. The summed E-state index contributed by atoms with van der Waals surface area (Å²) in [6, 6.07) is 13.6. The fourth-order valence-electron chi connectivity index (χ4n) is 2.88. The fraction of sp³-hybridized carbons (Fsp3) is 0.188. The molecule has 20 heavy (non-hydrogen) atoms. The summed E-state index contributed by atoms with van der Waals surface area (Å²) < 4.78 is 0. The molecule has 2 aromatic carbocycles. The quantitative estimate of drug-likeness (QED) is 0.821. The third kappa shape index (κ3) is 1.81. The van der Waals surface area contributed by atoms with Crippen LogP contribution >= 0.6 is 0 Å². The molecular formula is C16H16N2O2. The first-order chi connectivity index (χ1) is 9.59. The van der Waals surface area contributed by atoms with Crippen LogP contribution in [0.1, 0.15) is 22.8 Å². The SMILES string of the molecule is CC1Cc2ccccc2N1c1cccc(C(=O)O)c1N. The first kappa shape index (κ1) is 12.5. The fourth-order valence-corrected chi connectivity index (χ4v) is 2.88. The molecule has 1 aliphatic heterocycles. The van der Waals surface area contributed by atoms with Crippen LogP contribution in [-0.4, -0.2) is 17.1 Å². The lowest BCUT2D eigenvalue weighted by molar-refractivity contribution is 0.0698. The van der Waals surface area contributed by atoms with E-state index in [1.807, 2.05) is 24.3 Å². The van der Waals surface area contributed by atoms with E-state index in [0.29, 0.717) is 5.69 Å². The highest BCUT2D eigenvalue weighted by Gasteiger charge is 2.28. The van der Waals surface area contributed by atoms with Crippen molar-refractivity contribution in [2.45, 2.75) is 19.4 Å². The van der Waals surface area contributed by atoms with Gasteiger partial charge >= 0.3 is 5.97 Å². The normalized spacial score (nSPS) is 17.1. The number of anilines is 3. The lowest BCUT2D eigenvalue weighted by atomic mass is 10.1. The molecule has 0 spiro atoms. The van der Waals surface area contributed by atoms with Crippen molar-refractivity contribution in [1.29, 1.82) is 0 Å². The van der Waals surface area contributed by atoms with Crippen molar-refractivity contribution in [3.63, 3.8) is 0 Å². The van der Waals surface area contributed by atoms with Gasteiger partial charge in [0.2, 0.25) is 0 Å². The van der Waals surface area contributed by atoms with Crippen molar-refractivity contribution in [2.24, 2.45) is 0 Å². The van der Waals surface area contributed by atoms with E-state index in [-0.39, 0.29) is 11.6 Å². The Morgan fingerprint density at radius 3 is 2.65 bits per heavy atom. The molecule has 1 unspecified atom stereocenters. The van der Waals surface area contributed by atoms with E-state index in [2.05, 4.69) is 17.9 Å². The molecule has 2 aromatic rings. The van der Waals surface area contributed by atoms with Crippen LogP contribution in [0.2, 0.25) is 0 Å².